The molecule has 0 radical (unpaired) electrons. The van der Waals surface area contributed by atoms with Gasteiger partial charge in [-0.25, -0.2) is 0 Å². The molecule has 1 rings (SSSR count). The maximum absolute atomic E-state index is 3.76. The molecule has 0 spiro atoms. The third-order valence-electron chi connectivity index (χ3n) is 2.09. The second-order valence-electron chi connectivity index (χ2n) is 2.92. The molecule has 0 aromatic heterocycles. The van der Waals surface area contributed by atoms with Crippen molar-refractivity contribution in [3.63, 3.8) is 0 Å². The zero-order valence-electron chi connectivity index (χ0n) is 7.89. The quantitative estimate of drug-likeness (QED) is 0.593. The molecule has 2 nitrogen and oxygen atoms in total. The lowest BCUT2D eigenvalue weighted by atomic mass is 10.3. The van der Waals surface area contributed by atoms with Gasteiger partial charge < -0.3 is 9.80 Å². The minimum absolute atomic E-state index is 0.327. The van der Waals surface area contributed by atoms with Gasteiger partial charge in [0.25, 0.3) is 0 Å². The summed E-state index contributed by atoms with van der Waals surface area (Å²) in [5.74, 6) is 0. The molecule has 0 amide bonds. The SMILES string of the molecule is C=CCC1N(C=C)C=CN1CC=C. The molecule has 1 atom stereocenters. The van der Waals surface area contributed by atoms with E-state index in [-0.39, 0.29) is 0 Å². The summed E-state index contributed by atoms with van der Waals surface area (Å²) in [6, 6.07) is 0. The highest BCUT2D eigenvalue weighted by atomic mass is 15.4. The van der Waals surface area contributed by atoms with Crippen LogP contribution >= 0.6 is 0 Å². The Bertz CT molecular complexity index is 230. The van der Waals surface area contributed by atoms with Crippen LogP contribution in [0.1, 0.15) is 6.42 Å². The summed E-state index contributed by atoms with van der Waals surface area (Å²) in [6.45, 7) is 12.1. The van der Waals surface area contributed by atoms with Gasteiger partial charge >= 0.3 is 0 Å². The van der Waals surface area contributed by atoms with E-state index in [9.17, 15) is 0 Å². The van der Waals surface area contributed by atoms with E-state index in [4.69, 9.17) is 0 Å². The first-order chi connectivity index (χ1) is 6.33. The van der Waals surface area contributed by atoms with Gasteiger partial charge in [-0.3, -0.25) is 0 Å². The Morgan fingerprint density at radius 1 is 1.15 bits per heavy atom. The second kappa shape index (κ2) is 4.55. The van der Waals surface area contributed by atoms with Crippen molar-refractivity contribution in [2.24, 2.45) is 0 Å². The van der Waals surface area contributed by atoms with Crippen molar-refractivity contribution in [3.05, 3.63) is 50.5 Å². The standard InChI is InChI=1S/C11H16N2/c1-4-7-11-12(6-3)9-10-13(11)8-5-2/h4-6,9-11H,1-3,7-8H2. The van der Waals surface area contributed by atoms with Crippen LogP contribution in [0, 0.1) is 0 Å². The van der Waals surface area contributed by atoms with Gasteiger partial charge in [0.05, 0.1) is 0 Å². The van der Waals surface area contributed by atoms with Gasteiger partial charge in [0.2, 0.25) is 0 Å². The van der Waals surface area contributed by atoms with Gasteiger partial charge in [0, 0.05) is 25.4 Å². The van der Waals surface area contributed by atoms with E-state index >= 15 is 0 Å². The topological polar surface area (TPSA) is 6.48 Å². The predicted molar refractivity (Wildman–Crippen MR) is 56.7 cm³/mol. The van der Waals surface area contributed by atoms with Gasteiger partial charge in [-0.2, -0.15) is 0 Å². The molecule has 13 heavy (non-hydrogen) atoms. The Morgan fingerprint density at radius 3 is 2.46 bits per heavy atom. The van der Waals surface area contributed by atoms with Crippen molar-refractivity contribution >= 4 is 0 Å². The van der Waals surface area contributed by atoms with Crippen LogP contribution < -0.4 is 0 Å². The first kappa shape index (κ1) is 9.65. The second-order valence-corrected chi connectivity index (χ2v) is 2.92. The smallest absolute Gasteiger partial charge is 0.108 e. The van der Waals surface area contributed by atoms with Crippen LogP contribution in [-0.4, -0.2) is 22.5 Å². The molecular weight excluding hydrogens is 160 g/mol. The maximum Gasteiger partial charge on any atom is 0.108 e. The lowest BCUT2D eigenvalue weighted by Gasteiger charge is -2.28. The summed E-state index contributed by atoms with van der Waals surface area (Å²) in [4.78, 5) is 4.28. The fourth-order valence-corrected chi connectivity index (χ4v) is 1.45. The fourth-order valence-electron chi connectivity index (χ4n) is 1.45. The van der Waals surface area contributed by atoms with Crippen LogP contribution in [-0.2, 0) is 0 Å². The van der Waals surface area contributed by atoms with Crippen molar-refractivity contribution in [3.8, 4) is 0 Å². The average molecular weight is 176 g/mol. The molecule has 0 saturated heterocycles. The molecule has 70 valence electrons. The Kier molecular flexibility index (Phi) is 3.38. The monoisotopic (exact) mass is 176 g/mol. The van der Waals surface area contributed by atoms with Gasteiger partial charge in [-0.1, -0.05) is 18.7 Å². The zero-order valence-corrected chi connectivity index (χ0v) is 7.89. The molecule has 0 N–H and O–H groups in total. The molecule has 0 aliphatic carbocycles. The highest BCUT2D eigenvalue weighted by Crippen LogP contribution is 2.18. The Hall–Kier alpha value is -1.44. The summed E-state index contributed by atoms with van der Waals surface area (Å²) >= 11 is 0. The Balaban J connectivity index is 2.64. The molecular formula is C11H16N2. The summed E-state index contributed by atoms with van der Waals surface area (Å²) in [5, 5.41) is 0. The van der Waals surface area contributed by atoms with Crippen LogP contribution in [0.25, 0.3) is 0 Å². The molecule has 0 aromatic carbocycles. The molecule has 1 heterocycles. The fraction of sp³-hybridized carbons (Fsp3) is 0.273. The van der Waals surface area contributed by atoms with Crippen molar-refractivity contribution in [2.45, 2.75) is 12.6 Å². The van der Waals surface area contributed by atoms with Crippen molar-refractivity contribution in [2.75, 3.05) is 6.54 Å². The predicted octanol–water partition coefficient (Wildman–Crippen LogP) is 2.31. The van der Waals surface area contributed by atoms with E-state index in [1.165, 1.54) is 0 Å². The largest absolute Gasteiger partial charge is 0.352 e. The van der Waals surface area contributed by atoms with Crippen LogP contribution in [0.15, 0.2) is 50.5 Å². The lowest BCUT2D eigenvalue weighted by molar-refractivity contribution is 0.210. The van der Waals surface area contributed by atoms with Crippen LogP contribution in [0.3, 0.4) is 0 Å². The van der Waals surface area contributed by atoms with Crippen LogP contribution in [0.2, 0.25) is 0 Å². The molecule has 0 bridgehead atoms. The zero-order chi connectivity index (χ0) is 9.68. The Morgan fingerprint density at radius 2 is 1.92 bits per heavy atom. The van der Waals surface area contributed by atoms with E-state index in [1.807, 2.05) is 24.6 Å². The minimum Gasteiger partial charge on any atom is -0.352 e. The summed E-state index contributed by atoms with van der Waals surface area (Å²) in [6.07, 6.45) is 11.0. The summed E-state index contributed by atoms with van der Waals surface area (Å²) < 4.78 is 0. The number of hydrogen-bond donors (Lipinski definition) is 0. The van der Waals surface area contributed by atoms with Gasteiger partial charge in [-0.05, 0) is 6.20 Å². The molecule has 1 aliphatic heterocycles. The summed E-state index contributed by atoms with van der Waals surface area (Å²) in [7, 11) is 0. The molecule has 0 saturated carbocycles. The highest BCUT2D eigenvalue weighted by Gasteiger charge is 2.21. The van der Waals surface area contributed by atoms with E-state index in [0.29, 0.717) is 6.17 Å². The molecule has 1 aliphatic rings. The van der Waals surface area contributed by atoms with Gasteiger partial charge in [0.15, 0.2) is 0 Å². The third kappa shape index (κ3) is 2.02. The summed E-state index contributed by atoms with van der Waals surface area (Å²) in [5.41, 5.74) is 0. The molecule has 0 fully saturated rings. The number of hydrogen-bond acceptors (Lipinski definition) is 2. The molecule has 2 heteroatoms. The molecule has 0 aromatic rings. The van der Waals surface area contributed by atoms with Crippen molar-refractivity contribution < 1.29 is 0 Å². The van der Waals surface area contributed by atoms with E-state index in [2.05, 4.69) is 35.7 Å². The van der Waals surface area contributed by atoms with Gasteiger partial charge in [0.1, 0.15) is 6.17 Å². The van der Waals surface area contributed by atoms with Crippen LogP contribution in [0.4, 0.5) is 0 Å². The third-order valence-corrected chi connectivity index (χ3v) is 2.09. The number of nitrogens with zero attached hydrogens (tertiary/aromatic N) is 2. The van der Waals surface area contributed by atoms with Crippen molar-refractivity contribution in [1.29, 1.82) is 0 Å². The Labute approximate surface area is 80.1 Å². The molecule has 1 unspecified atom stereocenters. The first-order valence-electron chi connectivity index (χ1n) is 4.39. The van der Waals surface area contributed by atoms with Gasteiger partial charge in [-0.15, -0.1) is 13.2 Å². The number of rotatable bonds is 5. The average Bonchev–Trinajstić information content (AvgIpc) is 2.50. The normalized spacial score (nSPS) is 20.5. The first-order valence-corrected chi connectivity index (χ1v) is 4.39. The van der Waals surface area contributed by atoms with E-state index in [1.54, 1.807) is 0 Å². The maximum atomic E-state index is 3.76. The van der Waals surface area contributed by atoms with Crippen molar-refractivity contribution in [1.82, 2.24) is 9.80 Å². The van der Waals surface area contributed by atoms with E-state index < -0.39 is 0 Å². The van der Waals surface area contributed by atoms with Crippen LogP contribution in [0.5, 0.6) is 0 Å². The highest BCUT2D eigenvalue weighted by molar-refractivity contribution is 5.04. The minimum atomic E-state index is 0.327. The van der Waals surface area contributed by atoms with E-state index in [0.717, 1.165) is 13.0 Å². The lowest BCUT2D eigenvalue weighted by Crippen LogP contribution is -2.35.